The number of carbonyl (C=O) groups is 2. The lowest BCUT2D eigenvalue weighted by molar-refractivity contribution is -0.384. The standard InChI is InChI=1S/C24H26N4O4/c1-3-25-12-14-26(15-13-25)22-21(19-8-10-20(11-9-19)28(31)32)23(29)27(24(22)30)16-18-6-4-17(2)5-7-18/h4-11H,3,12-16H2,1-2H3. The summed E-state index contributed by atoms with van der Waals surface area (Å²) in [4.78, 5) is 43.1. The number of carbonyl (C=O) groups excluding carboxylic acids is 2. The summed E-state index contributed by atoms with van der Waals surface area (Å²) in [5.74, 6) is -0.675. The van der Waals surface area contributed by atoms with Crippen molar-refractivity contribution in [3.05, 3.63) is 81.0 Å². The molecule has 0 atom stereocenters. The normalized spacial score (nSPS) is 17.4. The summed E-state index contributed by atoms with van der Waals surface area (Å²) >= 11 is 0. The topological polar surface area (TPSA) is 87.0 Å². The minimum absolute atomic E-state index is 0.0549. The lowest BCUT2D eigenvalue weighted by atomic mass is 10.0. The first kappa shape index (κ1) is 21.7. The third-order valence-corrected chi connectivity index (χ3v) is 6.11. The zero-order valence-electron chi connectivity index (χ0n) is 18.3. The number of rotatable bonds is 6. The molecule has 2 aliphatic rings. The number of nitro benzene ring substituents is 1. The highest BCUT2D eigenvalue weighted by atomic mass is 16.6. The molecule has 0 saturated carbocycles. The van der Waals surface area contributed by atoms with E-state index in [0.29, 0.717) is 29.9 Å². The molecular weight excluding hydrogens is 408 g/mol. The highest BCUT2D eigenvalue weighted by molar-refractivity contribution is 6.35. The van der Waals surface area contributed by atoms with Crippen LogP contribution in [0.4, 0.5) is 5.69 Å². The van der Waals surface area contributed by atoms with Crippen molar-refractivity contribution in [1.82, 2.24) is 14.7 Å². The first-order valence-corrected chi connectivity index (χ1v) is 10.8. The Labute approximate surface area is 186 Å². The Morgan fingerprint density at radius 2 is 1.53 bits per heavy atom. The fourth-order valence-electron chi connectivity index (χ4n) is 4.17. The van der Waals surface area contributed by atoms with Gasteiger partial charge in [-0.2, -0.15) is 0 Å². The van der Waals surface area contributed by atoms with E-state index in [9.17, 15) is 19.7 Å². The average molecular weight is 434 g/mol. The molecule has 0 radical (unpaired) electrons. The summed E-state index contributed by atoms with van der Waals surface area (Å²) in [6.45, 7) is 8.14. The molecule has 0 spiro atoms. The van der Waals surface area contributed by atoms with Gasteiger partial charge in [0.05, 0.1) is 17.0 Å². The molecule has 2 heterocycles. The third kappa shape index (κ3) is 4.13. The van der Waals surface area contributed by atoms with Gasteiger partial charge in [0, 0.05) is 38.3 Å². The summed E-state index contributed by atoms with van der Waals surface area (Å²) in [5, 5.41) is 11.1. The van der Waals surface area contributed by atoms with Gasteiger partial charge in [0.25, 0.3) is 17.5 Å². The van der Waals surface area contributed by atoms with E-state index in [0.717, 1.165) is 30.8 Å². The highest BCUT2D eigenvalue weighted by Gasteiger charge is 2.42. The van der Waals surface area contributed by atoms with Gasteiger partial charge < -0.3 is 9.80 Å². The van der Waals surface area contributed by atoms with Crippen LogP contribution in [0.5, 0.6) is 0 Å². The van der Waals surface area contributed by atoms with Gasteiger partial charge in [-0.05, 0) is 36.7 Å². The largest absolute Gasteiger partial charge is 0.364 e. The second-order valence-corrected chi connectivity index (χ2v) is 8.13. The Morgan fingerprint density at radius 1 is 0.906 bits per heavy atom. The highest BCUT2D eigenvalue weighted by Crippen LogP contribution is 2.34. The minimum Gasteiger partial charge on any atom is -0.364 e. The molecule has 2 aromatic carbocycles. The van der Waals surface area contributed by atoms with E-state index in [1.54, 1.807) is 12.1 Å². The fourth-order valence-corrected chi connectivity index (χ4v) is 4.17. The Bertz CT molecular complexity index is 1070. The predicted octanol–water partition coefficient (Wildman–Crippen LogP) is 2.82. The molecule has 8 nitrogen and oxygen atoms in total. The number of non-ortho nitro benzene ring substituents is 1. The maximum Gasteiger partial charge on any atom is 0.278 e. The molecule has 0 aromatic heterocycles. The van der Waals surface area contributed by atoms with Crippen LogP contribution in [0.25, 0.3) is 5.57 Å². The number of piperazine rings is 1. The van der Waals surface area contributed by atoms with Gasteiger partial charge in [0.1, 0.15) is 5.70 Å². The summed E-state index contributed by atoms with van der Waals surface area (Å²) < 4.78 is 0. The molecule has 4 rings (SSSR count). The molecule has 8 heteroatoms. The molecular formula is C24H26N4O4. The molecule has 2 amide bonds. The molecule has 0 aliphatic carbocycles. The van der Waals surface area contributed by atoms with Crippen LogP contribution in [0.15, 0.2) is 54.2 Å². The number of likely N-dealkylation sites (N-methyl/N-ethyl adjacent to an activating group) is 1. The van der Waals surface area contributed by atoms with Crippen LogP contribution >= 0.6 is 0 Å². The van der Waals surface area contributed by atoms with Gasteiger partial charge in [-0.15, -0.1) is 0 Å². The maximum atomic E-state index is 13.5. The van der Waals surface area contributed by atoms with E-state index < -0.39 is 4.92 Å². The van der Waals surface area contributed by atoms with Crippen molar-refractivity contribution in [2.24, 2.45) is 0 Å². The second-order valence-electron chi connectivity index (χ2n) is 8.13. The van der Waals surface area contributed by atoms with E-state index in [4.69, 9.17) is 0 Å². The Morgan fingerprint density at radius 3 is 2.09 bits per heavy atom. The number of amides is 2. The monoisotopic (exact) mass is 434 g/mol. The van der Waals surface area contributed by atoms with Gasteiger partial charge in [0.15, 0.2) is 0 Å². The first-order chi connectivity index (χ1) is 15.4. The zero-order valence-corrected chi connectivity index (χ0v) is 18.3. The summed E-state index contributed by atoms with van der Waals surface area (Å²) in [6.07, 6.45) is 0. The Kier molecular flexibility index (Phi) is 6.05. The summed E-state index contributed by atoms with van der Waals surface area (Å²) in [6, 6.07) is 13.6. The first-order valence-electron chi connectivity index (χ1n) is 10.8. The van der Waals surface area contributed by atoms with E-state index in [2.05, 4.69) is 11.8 Å². The summed E-state index contributed by atoms with van der Waals surface area (Å²) in [5.41, 5.74) is 3.16. The molecule has 2 aromatic rings. The lowest BCUT2D eigenvalue weighted by Gasteiger charge is -2.36. The van der Waals surface area contributed by atoms with Crippen molar-refractivity contribution in [1.29, 1.82) is 0 Å². The van der Waals surface area contributed by atoms with Crippen LogP contribution in [0.2, 0.25) is 0 Å². The quantitative estimate of drug-likeness (QED) is 0.395. The number of imide groups is 1. The molecule has 1 fully saturated rings. The molecule has 0 bridgehead atoms. The van der Waals surface area contributed by atoms with Crippen molar-refractivity contribution >= 4 is 23.1 Å². The van der Waals surface area contributed by atoms with Crippen molar-refractivity contribution in [2.75, 3.05) is 32.7 Å². The zero-order chi connectivity index (χ0) is 22.8. The van der Waals surface area contributed by atoms with Crippen molar-refractivity contribution in [2.45, 2.75) is 20.4 Å². The number of nitro groups is 1. The van der Waals surface area contributed by atoms with Crippen LogP contribution in [0.3, 0.4) is 0 Å². The van der Waals surface area contributed by atoms with Gasteiger partial charge >= 0.3 is 0 Å². The van der Waals surface area contributed by atoms with Crippen molar-refractivity contribution in [3.8, 4) is 0 Å². The number of hydrogen-bond donors (Lipinski definition) is 0. The number of benzene rings is 2. The minimum atomic E-state index is -0.478. The fraction of sp³-hybridized carbons (Fsp3) is 0.333. The van der Waals surface area contributed by atoms with Gasteiger partial charge in [-0.25, -0.2) is 0 Å². The number of aryl methyl sites for hydroxylation is 1. The van der Waals surface area contributed by atoms with Crippen LogP contribution in [-0.2, 0) is 16.1 Å². The van der Waals surface area contributed by atoms with E-state index in [1.807, 2.05) is 36.1 Å². The molecule has 0 unspecified atom stereocenters. The Hall–Kier alpha value is -3.52. The number of hydrogen-bond acceptors (Lipinski definition) is 6. The van der Waals surface area contributed by atoms with Gasteiger partial charge in [0.2, 0.25) is 0 Å². The van der Waals surface area contributed by atoms with Gasteiger partial charge in [-0.3, -0.25) is 24.6 Å². The van der Waals surface area contributed by atoms with E-state index in [1.165, 1.54) is 17.0 Å². The predicted molar refractivity (Wildman–Crippen MR) is 120 cm³/mol. The molecule has 32 heavy (non-hydrogen) atoms. The SMILES string of the molecule is CCN1CCN(C2=C(c3ccc([N+](=O)[O-])cc3)C(=O)N(Cc3ccc(C)cc3)C2=O)CC1. The van der Waals surface area contributed by atoms with E-state index >= 15 is 0 Å². The van der Waals surface area contributed by atoms with Crippen molar-refractivity contribution in [3.63, 3.8) is 0 Å². The average Bonchev–Trinajstić information content (AvgIpc) is 3.05. The summed E-state index contributed by atoms with van der Waals surface area (Å²) in [7, 11) is 0. The van der Waals surface area contributed by atoms with Crippen LogP contribution < -0.4 is 0 Å². The molecule has 0 N–H and O–H groups in total. The molecule has 2 aliphatic heterocycles. The lowest BCUT2D eigenvalue weighted by Crippen LogP contribution is -2.47. The smallest absolute Gasteiger partial charge is 0.278 e. The second kappa shape index (κ2) is 8.92. The van der Waals surface area contributed by atoms with Crippen molar-refractivity contribution < 1.29 is 14.5 Å². The van der Waals surface area contributed by atoms with E-state index in [-0.39, 0.29) is 24.0 Å². The van der Waals surface area contributed by atoms with Crippen LogP contribution in [-0.4, -0.2) is 64.2 Å². The van der Waals surface area contributed by atoms with Gasteiger partial charge in [-0.1, -0.05) is 36.8 Å². The Balaban J connectivity index is 1.70. The molecule has 166 valence electrons. The molecule has 1 saturated heterocycles. The third-order valence-electron chi connectivity index (χ3n) is 6.11. The number of nitrogens with zero attached hydrogens (tertiary/aromatic N) is 4. The van der Waals surface area contributed by atoms with Crippen LogP contribution in [0, 0.1) is 17.0 Å². The van der Waals surface area contributed by atoms with Crippen LogP contribution in [0.1, 0.15) is 23.6 Å². The maximum absolute atomic E-state index is 13.5.